The van der Waals surface area contributed by atoms with Crippen LogP contribution in [0.2, 0.25) is 5.02 Å². The Labute approximate surface area is 180 Å². The summed E-state index contributed by atoms with van der Waals surface area (Å²) < 4.78 is 0. The number of rotatable bonds is 6. The molecule has 2 aromatic carbocycles. The van der Waals surface area contributed by atoms with Gasteiger partial charge in [-0.05, 0) is 56.3 Å². The minimum absolute atomic E-state index is 0.866. The van der Waals surface area contributed by atoms with Crippen molar-refractivity contribution in [3.63, 3.8) is 0 Å². The first kappa shape index (κ1) is 20.5. The molecular formula is C24H33ClN4. The Hall–Kier alpha value is -1.75. The van der Waals surface area contributed by atoms with Gasteiger partial charge < -0.3 is 9.80 Å². The van der Waals surface area contributed by atoms with E-state index in [1.807, 2.05) is 12.1 Å². The smallest absolute Gasteiger partial charge is 0.0639 e. The highest BCUT2D eigenvalue weighted by atomic mass is 35.5. The molecule has 0 spiro atoms. The number of para-hydroxylation sites is 1. The first-order chi connectivity index (χ1) is 14.2. The molecule has 4 nitrogen and oxygen atoms in total. The van der Waals surface area contributed by atoms with Crippen LogP contribution in [0.25, 0.3) is 0 Å². The van der Waals surface area contributed by atoms with Gasteiger partial charge in [0.2, 0.25) is 0 Å². The zero-order valence-corrected chi connectivity index (χ0v) is 18.3. The molecule has 0 aromatic heterocycles. The summed E-state index contributed by atoms with van der Waals surface area (Å²) in [5.74, 6) is 0. The zero-order chi connectivity index (χ0) is 20.1. The number of aryl methyl sites for hydroxylation is 1. The molecule has 0 radical (unpaired) electrons. The molecule has 0 amide bonds. The minimum Gasteiger partial charge on any atom is -0.369 e. The number of anilines is 2. The number of halogens is 1. The summed E-state index contributed by atoms with van der Waals surface area (Å²) in [6.45, 7) is 13.6. The van der Waals surface area contributed by atoms with Crippen molar-refractivity contribution in [2.45, 2.75) is 13.3 Å². The van der Waals surface area contributed by atoms with Crippen LogP contribution in [0.3, 0.4) is 0 Å². The second-order valence-corrected chi connectivity index (χ2v) is 8.71. The maximum Gasteiger partial charge on any atom is 0.0639 e. The molecule has 0 N–H and O–H groups in total. The average Bonchev–Trinajstić information content (AvgIpc) is 2.75. The normalized spacial score (nSPS) is 19.0. The third-order valence-electron chi connectivity index (χ3n) is 6.25. The lowest BCUT2D eigenvalue weighted by atomic mass is 10.2. The van der Waals surface area contributed by atoms with Crippen molar-refractivity contribution in [2.24, 2.45) is 0 Å². The van der Waals surface area contributed by atoms with E-state index in [0.717, 1.165) is 44.3 Å². The van der Waals surface area contributed by atoms with Gasteiger partial charge in [-0.3, -0.25) is 9.80 Å². The van der Waals surface area contributed by atoms with E-state index in [2.05, 4.69) is 62.9 Å². The van der Waals surface area contributed by atoms with Gasteiger partial charge in [0.1, 0.15) is 0 Å². The predicted molar refractivity (Wildman–Crippen MR) is 125 cm³/mol. The summed E-state index contributed by atoms with van der Waals surface area (Å²) in [4.78, 5) is 10.2. The molecule has 156 valence electrons. The lowest BCUT2D eigenvalue weighted by molar-refractivity contribution is 0.213. The highest BCUT2D eigenvalue weighted by Gasteiger charge is 2.20. The number of hydrogen-bond acceptors (Lipinski definition) is 4. The van der Waals surface area contributed by atoms with Gasteiger partial charge in [0.05, 0.1) is 10.7 Å². The van der Waals surface area contributed by atoms with E-state index < -0.39 is 0 Å². The molecule has 0 unspecified atom stereocenters. The molecule has 2 saturated heterocycles. The second-order valence-electron chi connectivity index (χ2n) is 8.30. The van der Waals surface area contributed by atoms with E-state index >= 15 is 0 Å². The van der Waals surface area contributed by atoms with Crippen LogP contribution in [0.15, 0.2) is 48.5 Å². The molecule has 2 heterocycles. The second kappa shape index (κ2) is 9.84. The van der Waals surface area contributed by atoms with Crippen LogP contribution >= 0.6 is 11.6 Å². The van der Waals surface area contributed by atoms with Crippen molar-refractivity contribution in [3.05, 3.63) is 59.1 Å². The largest absolute Gasteiger partial charge is 0.369 e. The van der Waals surface area contributed by atoms with E-state index in [0.29, 0.717) is 0 Å². The molecule has 5 heteroatoms. The molecule has 0 bridgehead atoms. The fourth-order valence-electron chi connectivity index (χ4n) is 4.49. The highest BCUT2D eigenvalue weighted by molar-refractivity contribution is 6.33. The van der Waals surface area contributed by atoms with Crippen molar-refractivity contribution in [1.82, 2.24) is 9.80 Å². The van der Waals surface area contributed by atoms with Crippen LogP contribution in [0.5, 0.6) is 0 Å². The quantitative estimate of drug-likeness (QED) is 0.711. The standard InChI is InChI=1S/C24H33ClN4/c1-21-6-4-7-22(20-21)28-16-12-26(13-17-28)10-5-11-27-14-18-29(19-15-27)24-9-3-2-8-23(24)25/h2-4,6-9,20H,5,10-19H2,1H3. The Morgan fingerprint density at radius 1 is 0.724 bits per heavy atom. The van der Waals surface area contributed by atoms with Gasteiger partial charge in [-0.1, -0.05) is 35.9 Å². The van der Waals surface area contributed by atoms with Gasteiger partial charge in [0.15, 0.2) is 0 Å². The van der Waals surface area contributed by atoms with Crippen molar-refractivity contribution >= 4 is 23.0 Å². The Bertz CT molecular complexity index is 780. The third kappa shape index (κ3) is 5.44. The van der Waals surface area contributed by atoms with E-state index in [-0.39, 0.29) is 0 Å². The Balaban J connectivity index is 1.14. The van der Waals surface area contributed by atoms with Crippen LogP contribution in [-0.4, -0.2) is 75.2 Å². The van der Waals surface area contributed by atoms with Crippen molar-refractivity contribution in [3.8, 4) is 0 Å². The third-order valence-corrected chi connectivity index (χ3v) is 6.57. The Morgan fingerprint density at radius 3 is 1.97 bits per heavy atom. The van der Waals surface area contributed by atoms with E-state index in [4.69, 9.17) is 11.6 Å². The van der Waals surface area contributed by atoms with Crippen LogP contribution in [0.1, 0.15) is 12.0 Å². The lowest BCUT2D eigenvalue weighted by Gasteiger charge is -2.38. The zero-order valence-electron chi connectivity index (χ0n) is 17.6. The van der Waals surface area contributed by atoms with Gasteiger partial charge >= 0.3 is 0 Å². The number of nitrogens with zero attached hydrogens (tertiary/aromatic N) is 4. The summed E-state index contributed by atoms with van der Waals surface area (Å²) in [5.41, 5.74) is 3.90. The fraction of sp³-hybridized carbons (Fsp3) is 0.500. The van der Waals surface area contributed by atoms with Crippen LogP contribution in [-0.2, 0) is 0 Å². The molecular weight excluding hydrogens is 380 g/mol. The summed E-state index contributed by atoms with van der Waals surface area (Å²) >= 11 is 6.36. The van der Waals surface area contributed by atoms with E-state index in [9.17, 15) is 0 Å². The summed E-state index contributed by atoms with van der Waals surface area (Å²) in [6, 6.07) is 17.1. The van der Waals surface area contributed by atoms with Gasteiger partial charge in [-0.15, -0.1) is 0 Å². The first-order valence-electron chi connectivity index (χ1n) is 10.9. The fourth-order valence-corrected chi connectivity index (χ4v) is 4.75. The van der Waals surface area contributed by atoms with Gasteiger partial charge in [-0.25, -0.2) is 0 Å². The van der Waals surface area contributed by atoms with Crippen LogP contribution in [0.4, 0.5) is 11.4 Å². The van der Waals surface area contributed by atoms with Crippen molar-refractivity contribution < 1.29 is 0 Å². The predicted octanol–water partition coefficient (Wildman–Crippen LogP) is 3.98. The van der Waals surface area contributed by atoms with E-state index in [1.54, 1.807) is 0 Å². The monoisotopic (exact) mass is 412 g/mol. The Morgan fingerprint density at radius 2 is 1.34 bits per heavy atom. The van der Waals surface area contributed by atoms with Gasteiger partial charge in [0.25, 0.3) is 0 Å². The molecule has 29 heavy (non-hydrogen) atoms. The maximum atomic E-state index is 6.36. The summed E-state index contributed by atoms with van der Waals surface area (Å²) in [7, 11) is 0. The molecule has 2 aliphatic heterocycles. The van der Waals surface area contributed by atoms with Crippen LogP contribution in [0, 0.1) is 6.92 Å². The molecule has 0 atom stereocenters. The van der Waals surface area contributed by atoms with Crippen LogP contribution < -0.4 is 9.80 Å². The minimum atomic E-state index is 0.866. The molecule has 2 aromatic rings. The number of piperazine rings is 2. The number of benzene rings is 2. The van der Waals surface area contributed by atoms with E-state index in [1.165, 1.54) is 49.5 Å². The maximum absolute atomic E-state index is 6.36. The first-order valence-corrected chi connectivity index (χ1v) is 11.3. The van der Waals surface area contributed by atoms with Crippen molar-refractivity contribution in [2.75, 3.05) is 75.2 Å². The topological polar surface area (TPSA) is 13.0 Å². The SMILES string of the molecule is Cc1cccc(N2CCN(CCCN3CCN(c4ccccc4Cl)CC3)CC2)c1. The van der Waals surface area contributed by atoms with Crippen molar-refractivity contribution in [1.29, 1.82) is 0 Å². The molecule has 4 rings (SSSR count). The molecule has 0 aliphatic carbocycles. The summed E-state index contributed by atoms with van der Waals surface area (Å²) in [6.07, 6.45) is 1.26. The van der Waals surface area contributed by atoms with Gasteiger partial charge in [-0.2, -0.15) is 0 Å². The lowest BCUT2D eigenvalue weighted by Crippen LogP contribution is -2.48. The highest BCUT2D eigenvalue weighted by Crippen LogP contribution is 2.26. The summed E-state index contributed by atoms with van der Waals surface area (Å²) in [5, 5.41) is 0.866. The molecule has 2 aliphatic rings. The molecule has 2 fully saturated rings. The van der Waals surface area contributed by atoms with Gasteiger partial charge in [0, 0.05) is 58.0 Å². The Kier molecular flexibility index (Phi) is 6.96. The number of hydrogen-bond donors (Lipinski definition) is 0. The average molecular weight is 413 g/mol. The molecule has 0 saturated carbocycles.